The fraction of sp³-hybridized carbons (Fsp3) is 0.517. The fourth-order valence-corrected chi connectivity index (χ4v) is 6.48. The Balaban J connectivity index is 1.80. The van der Waals surface area contributed by atoms with E-state index in [-0.39, 0.29) is 43.8 Å². The highest BCUT2D eigenvalue weighted by Gasteiger charge is 2.31. The maximum absolute atomic E-state index is 13.7. The van der Waals surface area contributed by atoms with Gasteiger partial charge >= 0.3 is 0 Å². The molecule has 1 fully saturated rings. The predicted octanol–water partition coefficient (Wildman–Crippen LogP) is 5.80. The van der Waals surface area contributed by atoms with Crippen LogP contribution in [0.1, 0.15) is 64.4 Å². The number of nitrogens with zero attached hydrogens (tertiary/aromatic N) is 2. The zero-order chi connectivity index (χ0) is 29.3. The minimum atomic E-state index is -3.65. The van der Waals surface area contributed by atoms with E-state index in [0.717, 1.165) is 31.9 Å². The van der Waals surface area contributed by atoms with E-state index < -0.39 is 16.1 Å². The molecular weight excluding hydrogens is 573 g/mol. The van der Waals surface area contributed by atoms with E-state index in [9.17, 15) is 18.0 Å². The van der Waals surface area contributed by atoms with Gasteiger partial charge in [-0.2, -0.15) is 0 Å². The molecule has 0 radical (unpaired) electrons. The molecule has 0 aliphatic heterocycles. The average Bonchev–Trinajstić information content (AvgIpc) is 3.40. The molecule has 1 aliphatic rings. The summed E-state index contributed by atoms with van der Waals surface area (Å²) in [5.74, 6) is 0.0117. The van der Waals surface area contributed by atoms with Crippen LogP contribution in [0, 0.1) is 0 Å². The molecule has 1 N–H and O–H groups in total. The summed E-state index contributed by atoms with van der Waals surface area (Å²) in [4.78, 5) is 28.6. The van der Waals surface area contributed by atoms with Gasteiger partial charge in [0, 0.05) is 35.6 Å². The molecule has 2 aromatic carbocycles. The van der Waals surface area contributed by atoms with Crippen molar-refractivity contribution in [2.45, 2.75) is 77.4 Å². The summed E-state index contributed by atoms with van der Waals surface area (Å²) in [6.07, 6.45) is 5.87. The van der Waals surface area contributed by atoms with Gasteiger partial charge in [0.15, 0.2) is 0 Å². The molecule has 1 aliphatic carbocycles. The van der Waals surface area contributed by atoms with E-state index in [2.05, 4.69) is 5.32 Å². The Bertz CT molecular complexity index is 1270. The van der Waals surface area contributed by atoms with Crippen molar-refractivity contribution >= 4 is 50.7 Å². The molecule has 0 unspecified atom stereocenters. The van der Waals surface area contributed by atoms with E-state index in [1.54, 1.807) is 47.4 Å². The molecule has 8 nitrogen and oxygen atoms in total. The molecule has 11 heteroatoms. The minimum Gasteiger partial charge on any atom is -0.492 e. The lowest BCUT2D eigenvalue weighted by Crippen LogP contribution is -2.51. The van der Waals surface area contributed by atoms with Gasteiger partial charge in [0.1, 0.15) is 11.8 Å². The number of amides is 2. The van der Waals surface area contributed by atoms with E-state index in [1.807, 2.05) is 13.8 Å². The lowest BCUT2D eigenvalue weighted by atomic mass is 10.1. The Morgan fingerprint density at radius 1 is 1.10 bits per heavy atom. The summed E-state index contributed by atoms with van der Waals surface area (Å²) in [6, 6.07) is 11.4. The Kier molecular flexibility index (Phi) is 12.0. The average molecular weight is 613 g/mol. The molecule has 0 spiro atoms. The normalized spacial score (nSPS) is 14.5. The smallest absolute Gasteiger partial charge is 0.243 e. The van der Waals surface area contributed by atoms with Crippen LogP contribution in [0.25, 0.3) is 0 Å². The molecule has 0 heterocycles. The van der Waals surface area contributed by atoms with Gasteiger partial charge in [-0.25, -0.2) is 8.42 Å². The quantitative estimate of drug-likeness (QED) is 0.291. The Morgan fingerprint density at radius 3 is 2.42 bits per heavy atom. The molecule has 1 atom stereocenters. The molecular formula is C29H39Cl2N3O5S. The Hall–Kier alpha value is -2.49. The molecule has 1 saturated carbocycles. The van der Waals surface area contributed by atoms with Crippen LogP contribution in [-0.2, 0) is 26.2 Å². The van der Waals surface area contributed by atoms with Crippen molar-refractivity contribution < 1.29 is 22.7 Å². The van der Waals surface area contributed by atoms with Gasteiger partial charge in [-0.1, -0.05) is 61.2 Å². The van der Waals surface area contributed by atoms with Gasteiger partial charge < -0.3 is 15.0 Å². The molecule has 2 aromatic rings. The van der Waals surface area contributed by atoms with Gasteiger partial charge in [-0.3, -0.25) is 13.9 Å². The lowest BCUT2D eigenvalue weighted by Gasteiger charge is -2.32. The third-order valence-corrected chi connectivity index (χ3v) is 8.80. The topological polar surface area (TPSA) is 96.0 Å². The summed E-state index contributed by atoms with van der Waals surface area (Å²) in [5, 5.41) is 4.01. The van der Waals surface area contributed by atoms with E-state index in [0.29, 0.717) is 40.1 Å². The van der Waals surface area contributed by atoms with Gasteiger partial charge in [-0.15, -0.1) is 0 Å². The van der Waals surface area contributed by atoms with Crippen LogP contribution >= 0.6 is 23.2 Å². The number of carbonyl (C=O) groups excluding carboxylic acids is 2. The van der Waals surface area contributed by atoms with Gasteiger partial charge in [0.05, 0.1) is 18.6 Å². The number of carbonyl (C=O) groups is 2. The van der Waals surface area contributed by atoms with Crippen LogP contribution in [0.3, 0.4) is 0 Å². The van der Waals surface area contributed by atoms with Crippen molar-refractivity contribution in [2.75, 3.05) is 23.7 Å². The number of ether oxygens (including phenoxy) is 1. The van der Waals surface area contributed by atoms with Crippen molar-refractivity contribution in [2.24, 2.45) is 0 Å². The Labute approximate surface area is 248 Å². The largest absolute Gasteiger partial charge is 0.492 e. The van der Waals surface area contributed by atoms with Gasteiger partial charge in [0.25, 0.3) is 0 Å². The molecule has 3 rings (SSSR count). The van der Waals surface area contributed by atoms with E-state index in [4.69, 9.17) is 27.9 Å². The van der Waals surface area contributed by atoms with Crippen LogP contribution in [0.15, 0.2) is 42.5 Å². The SMILES string of the molecule is CCOc1ccccc1N(CCCC(=O)N(Cc1ccc(Cl)cc1Cl)[C@H](CC)C(=O)NC1CCCC1)S(C)(=O)=O. The van der Waals surface area contributed by atoms with Gasteiger partial charge in [-0.05, 0) is 62.4 Å². The minimum absolute atomic E-state index is 0.0429. The standard InChI is InChI=1S/C29H39Cl2N3O5S/c1-4-25(29(36)32-23-11-6-7-12-23)33(20-21-16-17-22(30)19-24(21)31)28(35)15-10-18-34(40(3,37)38)26-13-8-9-14-27(26)39-5-2/h8-9,13-14,16-17,19,23,25H,4-7,10-12,15,18,20H2,1-3H3,(H,32,36)/t25-/m1/s1. The highest BCUT2D eigenvalue weighted by Crippen LogP contribution is 2.30. The molecule has 0 aromatic heterocycles. The highest BCUT2D eigenvalue weighted by atomic mass is 35.5. The first-order valence-electron chi connectivity index (χ1n) is 13.8. The first kappa shape index (κ1) is 32.0. The number of nitrogens with one attached hydrogen (secondary N) is 1. The predicted molar refractivity (Wildman–Crippen MR) is 161 cm³/mol. The van der Waals surface area contributed by atoms with Crippen molar-refractivity contribution in [3.63, 3.8) is 0 Å². The number of benzene rings is 2. The van der Waals surface area contributed by atoms with Crippen molar-refractivity contribution in [3.8, 4) is 5.75 Å². The first-order chi connectivity index (χ1) is 19.0. The second kappa shape index (κ2) is 14.9. The first-order valence-corrected chi connectivity index (χ1v) is 16.4. The van der Waals surface area contributed by atoms with Crippen molar-refractivity contribution in [1.82, 2.24) is 10.2 Å². The number of halogens is 2. The molecule has 0 saturated heterocycles. The summed E-state index contributed by atoms with van der Waals surface area (Å²) < 4.78 is 32.3. The third-order valence-electron chi connectivity index (χ3n) is 7.03. The van der Waals surface area contributed by atoms with Gasteiger partial charge in [0.2, 0.25) is 21.8 Å². The van der Waals surface area contributed by atoms with Crippen molar-refractivity contribution in [3.05, 3.63) is 58.1 Å². The number of sulfonamides is 1. The van der Waals surface area contributed by atoms with Crippen LogP contribution in [0.4, 0.5) is 5.69 Å². The number of para-hydroxylation sites is 2. The van der Waals surface area contributed by atoms with E-state index in [1.165, 1.54) is 4.31 Å². The number of anilines is 1. The van der Waals surface area contributed by atoms with E-state index >= 15 is 0 Å². The lowest BCUT2D eigenvalue weighted by molar-refractivity contribution is -0.141. The zero-order valence-corrected chi connectivity index (χ0v) is 25.7. The molecule has 0 bridgehead atoms. The Morgan fingerprint density at radius 2 is 1.80 bits per heavy atom. The van der Waals surface area contributed by atoms with Crippen LogP contribution < -0.4 is 14.4 Å². The monoisotopic (exact) mass is 611 g/mol. The maximum Gasteiger partial charge on any atom is 0.243 e. The number of rotatable bonds is 14. The summed E-state index contributed by atoms with van der Waals surface area (Å²) in [5.41, 5.74) is 1.10. The zero-order valence-electron chi connectivity index (χ0n) is 23.4. The number of hydrogen-bond acceptors (Lipinski definition) is 5. The third kappa shape index (κ3) is 8.75. The van der Waals surface area contributed by atoms with Crippen LogP contribution in [0.2, 0.25) is 10.0 Å². The maximum atomic E-state index is 13.7. The molecule has 220 valence electrons. The summed E-state index contributed by atoms with van der Waals surface area (Å²) in [7, 11) is -3.65. The van der Waals surface area contributed by atoms with Crippen LogP contribution in [0.5, 0.6) is 5.75 Å². The second-order valence-corrected chi connectivity index (χ2v) is 12.8. The number of hydrogen-bond donors (Lipinski definition) is 1. The highest BCUT2D eigenvalue weighted by molar-refractivity contribution is 7.92. The van der Waals surface area contributed by atoms with Crippen LogP contribution in [-0.4, -0.2) is 56.6 Å². The molecule has 40 heavy (non-hydrogen) atoms. The molecule has 2 amide bonds. The second-order valence-electron chi connectivity index (χ2n) is 10.0. The van der Waals surface area contributed by atoms with Crippen molar-refractivity contribution in [1.29, 1.82) is 0 Å². The fourth-order valence-electron chi connectivity index (χ4n) is 5.04. The summed E-state index contributed by atoms with van der Waals surface area (Å²) in [6.45, 7) is 4.30. The summed E-state index contributed by atoms with van der Waals surface area (Å²) >= 11 is 12.5.